The number of aryl methyl sites for hydroxylation is 1. The minimum Gasteiger partial charge on any atom is -0.358 e. The zero-order valence-electron chi connectivity index (χ0n) is 50.6. The van der Waals surface area contributed by atoms with Gasteiger partial charge in [0.1, 0.15) is 0 Å². The Balaban J connectivity index is 0.00000392. The second kappa shape index (κ2) is 25.7. The molecule has 0 saturated carbocycles. The van der Waals surface area contributed by atoms with Crippen molar-refractivity contribution >= 4 is 0 Å². The van der Waals surface area contributed by atoms with Crippen LogP contribution in [0.4, 0.5) is 0 Å². The van der Waals surface area contributed by atoms with Crippen molar-refractivity contribution in [3.63, 3.8) is 0 Å². The smallest absolute Gasteiger partial charge is 0.358 e. The van der Waals surface area contributed by atoms with Crippen LogP contribution in [0.5, 0.6) is 0 Å². The second-order valence-corrected chi connectivity index (χ2v) is 20.9. The number of pyridine rings is 4. The molecule has 0 spiro atoms. The van der Waals surface area contributed by atoms with Crippen LogP contribution in [0.3, 0.4) is 0 Å². The number of nitrogens with zero attached hydrogens (tertiary/aromatic N) is 4. The van der Waals surface area contributed by atoms with Crippen molar-refractivity contribution in [2.24, 2.45) is 0 Å². The fourth-order valence-corrected chi connectivity index (χ4v) is 11.6. The minimum absolute atomic E-state index is 0. The van der Waals surface area contributed by atoms with E-state index in [1.54, 1.807) is 12.3 Å². The van der Waals surface area contributed by atoms with E-state index in [0.717, 1.165) is 128 Å². The van der Waals surface area contributed by atoms with Gasteiger partial charge in [0.2, 0.25) is 0 Å². The van der Waals surface area contributed by atoms with Crippen molar-refractivity contribution in [1.82, 2.24) is 19.9 Å². The number of benzene rings is 10. The van der Waals surface area contributed by atoms with Gasteiger partial charge >= 0.3 is 20.1 Å². The van der Waals surface area contributed by atoms with Gasteiger partial charge in [-0.2, -0.15) is 0 Å². The summed E-state index contributed by atoms with van der Waals surface area (Å²) in [6.45, 7) is -2.40. The third kappa shape index (κ3) is 11.7. The summed E-state index contributed by atoms with van der Waals surface area (Å²) in [4.78, 5) is 19.5. The summed E-state index contributed by atoms with van der Waals surface area (Å²) in [6.07, 6.45) is 7.23. The van der Waals surface area contributed by atoms with Gasteiger partial charge in [0, 0.05) is 40.0 Å². The summed E-state index contributed by atoms with van der Waals surface area (Å²) in [7, 11) is 0. The first kappa shape index (κ1) is 53.2. The van der Waals surface area contributed by atoms with Crippen LogP contribution in [0.2, 0.25) is 0 Å². The van der Waals surface area contributed by atoms with Crippen molar-refractivity contribution < 1.29 is 24.2 Å². The molecule has 0 aliphatic carbocycles. The molecule has 0 bridgehead atoms. The van der Waals surface area contributed by atoms with Gasteiger partial charge in [-0.15, -0.1) is 47.5 Å². The van der Waals surface area contributed by atoms with E-state index in [9.17, 15) is 0 Å². The molecule has 0 atom stereocenters. The molecule has 0 fully saturated rings. The Labute approximate surface area is 527 Å². The normalized spacial score (nSPS) is 11.5. The summed E-state index contributed by atoms with van der Waals surface area (Å²) >= 11 is 0. The van der Waals surface area contributed by atoms with Gasteiger partial charge in [-0.25, -0.2) is 0 Å². The summed E-state index contributed by atoms with van der Waals surface area (Å²) in [5.74, 6) is 0. The molecule has 414 valence electrons. The molecule has 0 radical (unpaired) electrons. The molecule has 14 aromatic rings. The number of hydrogen-bond donors (Lipinski definition) is 0. The number of hydrogen-bond acceptors (Lipinski definition) is 4. The Morgan fingerprint density at radius 2 is 0.598 bits per heavy atom. The summed E-state index contributed by atoms with van der Waals surface area (Å²) in [6, 6.07) is 105. The van der Waals surface area contributed by atoms with E-state index in [1.807, 2.05) is 110 Å². The fraction of sp³-hybridized carbons (Fsp3) is 0.0122. The first-order valence-corrected chi connectivity index (χ1v) is 28.4. The summed E-state index contributed by atoms with van der Waals surface area (Å²) in [5, 5.41) is 0. The van der Waals surface area contributed by atoms with Gasteiger partial charge in [-0.3, -0.25) is 9.97 Å². The Morgan fingerprint density at radius 1 is 0.264 bits per heavy atom. The summed E-state index contributed by atoms with van der Waals surface area (Å²) < 4.78 is 25.9. The standard InChI is InChI=1S/C81H54N4.CH3.Ir/c1-55-46-80(84-53-76(55)59-30-12-5-13-31-59)81-52-75(58-28-10-4-11-29-58)77(54-85-81)70-37-19-16-34-67(70)64-48-62(65-32-14-17-35-68(65)71-42-40-60(78-38-20-22-44-82-78)50-73(71)56-24-6-2-7-25-56)47-63(49-64)66-33-15-18-36-69(66)72-43-41-61(79-39-21-23-45-83-79)51-74(72)57-26-8-3-9-27-57;;/h2-39,42-54H,1H3;1H3;/q-2;-1;+3/i1D3;;. The van der Waals surface area contributed by atoms with Crippen molar-refractivity contribution in [3.8, 4) is 145 Å². The number of rotatable bonds is 13. The average molecular weight is 1290 g/mol. The largest absolute Gasteiger partial charge is 3.00 e. The zero-order chi connectivity index (χ0) is 59.4. The molecule has 87 heavy (non-hydrogen) atoms. The van der Waals surface area contributed by atoms with Crippen LogP contribution in [0.1, 0.15) is 9.68 Å². The van der Waals surface area contributed by atoms with E-state index in [4.69, 9.17) is 24.0 Å². The monoisotopic (exact) mass is 1290 g/mol. The van der Waals surface area contributed by atoms with E-state index in [2.05, 4.69) is 200 Å². The Morgan fingerprint density at radius 3 is 0.989 bits per heavy atom. The van der Waals surface area contributed by atoms with Crippen LogP contribution in [0.15, 0.2) is 310 Å². The van der Waals surface area contributed by atoms with Crippen LogP contribution in [-0.4, -0.2) is 19.9 Å². The number of aromatic nitrogens is 4. The van der Waals surface area contributed by atoms with Crippen molar-refractivity contribution in [2.45, 2.75) is 6.85 Å². The fourth-order valence-electron chi connectivity index (χ4n) is 11.6. The van der Waals surface area contributed by atoms with Crippen LogP contribution in [0, 0.1) is 26.4 Å². The first-order chi connectivity index (χ1) is 43.3. The quantitative estimate of drug-likeness (QED) is 0.108. The molecule has 5 heteroatoms. The predicted molar refractivity (Wildman–Crippen MR) is 357 cm³/mol. The second-order valence-electron chi connectivity index (χ2n) is 20.9. The Bertz CT molecular complexity index is 4630. The molecule has 0 saturated heterocycles. The van der Waals surface area contributed by atoms with E-state index in [-0.39, 0.29) is 33.1 Å². The molecule has 0 N–H and O–H groups in total. The van der Waals surface area contributed by atoms with Crippen LogP contribution in [-0.2, 0) is 20.1 Å². The van der Waals surface area contributed by atoms with Crippen LogP contribution >= 0.6 is 0 Å². The maximum atomic E-state index is 8.64. The maximum absolute atomic E-state index is 8.64. The maximum Gasteiger partial charge on any atom is 3.00 e. The molecule has 14 rings (SSSR count). The van der Waals surface area contributed by atoms with Gasteiger partial charge in [0.25, 0.3) is 0 Å². The Kier molecular flexibility index (Phi) is 15.7. The average Bonchev–Trinajstić information content (AvgIpc) is 1.28. The third-order valence-corrected chi connectivity index (χ3v) is 15.7. The zero-order valence-corrected chi connectivity index (χ0v) is 50.0. The molecule has 10 aromatic carbocycles. The Hall–Kier alpha value is -10.6. The molecule has 0 amide bonds. The SMILES string of the molecule is [2H]C([2H])([2H])c1cc(-c2cc(-c3ccccc3)c(-c3ccccc3-c3cc(-c4ccccc4-c4c[c-]c(-c5ccccn5)cc4-c4ccccc4)cc(-c4ccccc4-c4c[c-]c(-c5ccccn5)cc4-c4ccccc4)c3)cn2)ncc1-c1ccccc1.[CH3-].[Ir+3]. The molecule has 0 aliphatic heterocycles. The van der Waals surface area contributed by atoms with E-state index >= 15 is 0 Å². The van der Waals surface area contributed by atoms with Gasteiger partial charge in [-0.05, 0) is 133 Å². The molecular formula is C82H57IrN4. The van der Waals surface area contributed by atoms with E-state index in [1.165, 1.54) is 0 Å². The first-order valence-electron chi connectivity index (χ1n) is 29.9. The molecule has 0 aliphatic rings. The van der Waals surface area contributed by atoms with E-state index < -0.39 is 6.85 Å². The molecule has 4 aromatic heterocycles. The minimum atomic E-state index is -2.40. The van der Waals surface area contributed by atoms with Crippen LogP contribution < -0.4 is 0 Å². The van der Waals surface area contributed by atoms with Gasteiger partial charge in [0.15, 0.2) is 0 Å². The van der Waals surface area contributed by atoms with Gasteiger partial charge < -0.3 is 17.4 Å². The van der Waals surface area contributed by atoms with Crippen molar-refractivity contribution in [3.05, 3.63) is 335 Å². The summed E-state index contributed by atoms with van der Waals surface area (Å²) in [5.41, 5.74) is 24.5. The molecular weight excluding hydrogens is 1230 g/mol. The topological polar surface area (TPSA) is 51.6 Å². The molecule has 4 heterocycles. The van der Waals surface area contributed by atoms with Crippen LogP contribution in [0.25, 0.3) is 145 Å². The third-order valence-electron chi connectivity index (χ3n) is 15.7. The van der Waals surface area contributed by atoms with Gasteiger partial charge in [0.05, 0.1) is 11.4 Å². The van der Waals surface area contributed by atoms with E-state index in [0.29, 0.717) is 17.0 Å². The van der Waals surface area contributed by atoms with Crippen molar-refractivity contribution in [1.29, 1.82) is 0 Å². The molecule has 0 unspecified atom stereocenters. The predicted octanol–water partition coefficient (Wildman–Crippen LogP) is 21.3. The van der Waals surface area contributed by atoms with Crippen molar-refractivity contribution in [2.75, 3.05) is 0 Å². The molecule has 4 nitrogen and oxygen atoms in total. The van der Waals surface area contributed by atoms with Gasteiger partial charge in [-0.1, -0.05) is 252 Å².